The molecule has 4 amide bonds. The molecule has 2 saturated heterocycles. The topological polar surface area (TPSA) is 104 Å². The standard InChI is InChI=1S/C36H31ClFIN2O6/c1-4-17-5-7-19(8-6-17)40-32(43)22-11-10-21-23(29(22)34(40)45)16-24-33(44)41(20-9-12-26(38)25(37)15-20)35(46)36(24,2)30(21)18-13-27(39)31(42)28(14-18)47-3/h5-10,12-15,22-24,29-30,42H,4,11,16H2,1-3H3. The average Bonchev–Trinajstić information content (AvgIpc) is 3.43. The van der Waals surface area contributed by atoms with E-state index in [1.54, 1.807) is 31.2 Å². The molecule has 11 heteroatoms. The summed E-state index contributed by atoms with van der Waals surface area (Å²) >= 11 is 8.09. The van der Waals surface area contributed by atoms with Crippen LogP contribution >= 0.6 is 34.2 Å². The quantitative estimate of drug-likeness (QED) is 0.174. The molecular formula is C36H31ClFIN2O6. The van der Waals surface area contributed by atoms with Gasteiger partial charge in [0.15, 0.2) is 11.5 Å². The first-order valence-electron chi connectivity index (χ1n) is 15.5. The number of benzene rings is 3. The summed E-state index contributed by atoms with van der Waals surface area (Å²) < 4.78 is 20.1. The number of carbonyl (C=O) groups is 4. The van der Waals surface area contributed by atoms with E-state index in [4.69, 9.17) is 16.3 Å². The minimum atomic E-state index is -1.32. The Labute approximate surface area is 289 Å². The molecule has 2 aliphatic carbocycles. The van der Waals surface area contributed by atoms with Crippen LogP contribution in [0.1, 0.15) is 43.7 Å². The minimum absolute atomic E-state index is 0.0543. The van der Waals surface area contributed by atoms with E-state index in [0.29, 0.717) is 21.2 Å². The highest BCUT2D eigenvalue weighted by Crippen LogP contribution is 2.64. The zero-order chi connectivity index (χ0) is 33.5. The molecule has 3 aromatic carbocycles. The summed E-state index contributed by atoms with van der Waals surface area (Å²) in [6.07, 6.45) is 3.25. The number of aromatic hydroxyl groups is 1. The number of phenolic OH excluding ortho intramolecular Hbond substituents is 1. The molecule has 47 heavy (non-hydrogen) atoms. The van der Waals surface area contributed by atoms with Crippen LogP contribution in [-0.2, 0) is 25.6 Å². The van der Waals surface area contributed by atoms with Crippen molar-refractivity contribution in [3.63, 3.8) is 0 Å². The van der Waals surface area contributed by atoms with Crippen LogP contribution < -0.4 is 14.5 Å². The van der Waals surface area contributed by atoms with Crippen LogP contribution in [0.2, 0.25) is 5.02 Å². The van der Waals surface area contributed by atoms with Crippen molar-refractivity contribution in [1.82, 2.24) is 0 Å². The van der Waals surface area contributed by atoms with Crippen LogP contribution in [0.25, 0.3) is 0 Å². The third kappa shape index (κ3) is 4.57. The van der Waals surface area contributed by atoms with E-state index in [1.165, 1.54) is 24.1 Å². The van der Waals surface area contributed by atoms with Crippen molar-refractivity contribution >= 4 is 69.2 Å². The molecule has 8 nitrogen and oxygen atoms in total. The Hall–Kier alpha value is -3.77. The Kier molecular flexibility index (Phi) is 7.74. The average molecular weight is 769 g/mol. The summed E-state index contributed by atoms with van der Waals surface area (Å²) in [5, 5.41) is 10.5. The van der Waals surface area contributed by atoms with E-state index < -0.39 is 52.6 Å². The Morgan fingerprint density at radius 1 is 0.979 bits per heavy atom. The van der Waals surface area contributed by atoms with Gasteiger partial charge in [0, 0.05) is 5.92 Å². The van der Waals surface area contributed by atoms with Gasteiger partial charge in [0.05, 0.1) is 50.2 Å². The molecule has 0 spiro atoms. The van der Waals surface area contributed by atoms with Gasteiger partial charge in [0.2, 0.25) is 23.6 Å². The molecule has 0 radical (unpaired) electrons. The molecule has 3 aromatic rings. The van der Waals surface area contributed by atoms with Crippen molar-refractivity contribution in [1.29, 1.82) is 0 Å². The van der Waals surface area contributed by atoms with Crippen molar-refractivity contribution in [3.05, 3.63) is 91.8 Å². The maximum absolute atomic E-state index is 14.6. The number of carbonyl (C=O) groups excluding carboxylic acids is 4. The van der Waals surface area contributed by atoms with Gasteiger partial charge >= 0.3 is 0 Å². The third-order valence-electron chi connectivity index (χ3n) is 10.6. The van der Waals surface area contributed by atoms with Crippen LogP contribution in [0, 0.1) is 38.5 Å². The Morgan fingerprint density at radius 2 is 1.68 bits per heavy atom. The second-order valence-corrected chi connectivity index (χ2v) is 14.4. The number of fused-ring (bicyclic) bond motifs is 4. The number of ether oxygens (including phenoxy) is 1. The maximum Gasteiger partial charge on any atom is 0.241 e. The molecule has 7 rings (SSSR count). The Balaban J connectivity index is 1.38. The zero-order valence-corrected chi connectivity index (χ0v) is 28.7. The first-order chi connectivity index (χ1) is 22.4. The van der Waals surface area contributed by atoms with Crippen LogP contribution in [0.4, 0.5) is 15.8 Å². The van der Waals surface area contributed by atoms with E-state index in [0.717, 1.165) is 28.5 Å². The van der Waals surface area contributed by atoms with Gasteiger partial charge in [0.25, 0.3) is 0 Å². The number of amides is 4. The molecule has 0 aromatic heterocycles. The number of phenols is 1. The largest absolute Gasteiger partial charge is 0.504 e. The predicted octanol–water partition coefficient (Wildman–Crippen LogP) is 6.80. The molecule has 4 aliphatic rings. The number of rotatable bonds is 5. The molecule has 6 atom stereocenters. The number of imide groups is 2. The maximum atomic E-state index is 14.6. The van der Waals surface area contributed by atoms with Gasteiger partial charge in [-0.15, -0.1) is 0 Å². The normalized spacial score (nSPS) is 28.3. The van der Waals surface area contributed by atoms with E-state index >= 15 is 0 Å². The lowest BCUT2D eigenvalue weighted by Crippen LogP contribution is -2.48. The smallest absolute Gasteiger partial charge is 0.241 e. The van der Waals surface area contributed by atoms with Gasteiger partial charge < -0.3 is 9.84 Å². The third-order valence-corrected chi connectivity index (χ3v) is 11.8. The summed E-state index contributed by atoms with van der Waals surface area (Å²) in [6.45, 7) is 3.79. The predicted molar refractivity (Wildman–Crippen MR) is 182 cm³/mol. The van der Waals surface area contributed by atoms with E-state index in [1.807, 2.05) is 47.7 Å². The van der Waals surface area contributed by atoms with Gasteiger partial charge in [-0.05, 0) is 108 Å². The summed E-state index contributed by atoms with van der Waals surface area (Å²) in [7, 11) is 1.43. The van der Waals surface area contributed by atoms with Crippen molar-refractivity contribution in [2.24, 2.45) is 29.1 Å². The number of allylic oxidation sites excluding steroid dienone is 2. The van der Waals surface area contributed by atoms with Gasteiger partial charge in [-0.25, -0.2) is 9.29 Å². The molecule has 3 fully saturated rings. The number of halogens is 3. The second kappa shape index (κ2) is 11.4. The van der Waals surface area contributed by atoms with Gasteiger partial charge in [0.1, 0.15) is 5.82 Å². The highest BCUT2D eigenvalue weighted by atomic mass is 127. The molecule has 2 aliphatic heterocycles. The van der Waals surface area contributed by atoms with Gasteiger partial charge in [-0.3, -0.25) is 24.1 Å². The first-order valence-corrected chi connectivity index (χ1v) is 16.9. The van der Waals surface area contributed by atoms with Crippen molar-refractivity contribution in [2.45, 2.75) is 39.0 Å². The van der Waals surface area contributed by atoms with Crippen LogP contribution in [0.15, 0.2) is 66.2 Å². The van der Waals surface area contributed by atoms with Gasteiger partial charge in [-0.2, -0.15) is 0 Å². The van der Waals surface area contributed by atoms with Crippen LogP contribution in [-0.4, -0.2) is 35.8 Å². The van der Waals surface area contributed by atoms with Gasteiger partial charge in [-0.1, -0.05) is 42.3 Å². The number of hydrogen-bond donors (Lipinski definition) is 1. The molecule has 0 bridgehead atoms. The number of aryl methyl sites for hydroxylation is 1. The number of hydrogen-bond acceptors (Lipinski definition) is 6. The van der Waals surface area contributed by atoms with E-state index in [2.05, 4.69) is 0 Å². The highest BCUT2D eigenvalue weighted by molar-refractivity contribution is 14.1. The summed E-state index contributed by atoms with van der Waals surface area (Å²) in [4.78, 5) is 59.4. The number of nitrogens with zero attached hydrogens (tertiary/aromatic N) is 2. The van der Waals surface area contributed by atoms with Crippen molar-refractivity contribution in [2.75, 3.05) is 16.9 Å². The van der Waals surface area contributed by atoms with Crippen LogP contribution in [0.5, 0.6) is 11.5 Å². The zero-order valence-electron chi connectivity index (χ0n) is 25.8. The molecular weight excluding hydrogens is 738 g/mol. The lowest BCUT2D eigenvalue weighted by molar-refractivity contribution is -0.131. The number of anilines is 2. The molecule has 242 valence electrons. The lowest BCUT2D eigenvalue weighted by atomic mass is 9.51. The Morgan fingerprint density at radius 3 is 2.34 bits per heavy atom. The summed E-state index contributed by atoms with van der Waals surface area (Å²) in [5.41, 5.74) is 1.86. The van der Waals surface area contributed by atoms with Crippen molar-refractivity contribution in [3.8, 4) is 11.5 Å². The fraction of sp³-hybridized carbons (Fsp3) is 0.333. The molecule has 6 unspecified atom stereocenters. The monoisotopic (exact) mass is 768 g/mol. The summed E-state index contributed by atoms with van der Waals surface area (Å²) in [6, 6.07) is 14.5. The van der Waals surface area contributed by atoms with Crippen LogP contribution in [0.3, 0.4) is 0 Å². The molecule has 1 N–H and O–H groups in total. The van der Waals surface area contributed by atoms with Crippen molar-refractivity contribution < 1.29 is 33.4 Å². The fourth-order valence-corrected chi connectivity index (χ4v) is 9.12. The SMILES string of the molecule is CCc1ccc(N2C(=O)C3CC=C4C(CC5C(=O)N(c6ccc(F)c(Cl)c6)C(=O)C5(C)C4c4cc(I)c(O)c(OC)c4)C3C2=O)cc1. The van der Waals surface area contributed by atoms with E-state index in [9.17, 15) is 28.7 Å². The minimum Gasteiger partial charge on any atom is -0.504 e. The molecule has 2 heterocycles. The lowest BCUT2D eigenvalue weighted by Gasteiger charge is -2.49. The van der Waals surface area contributed by atoms with E-state index in [-0.39, 0.29) is 40.4 Å². The summed E-state index contributed by atoms with van der Waals surface area (Å²) in [5.74, 6) is -5.50. The fourth-order valence-electron chi connectivity index (χ4n) is 8.32. The second-order valence-electron chi connectivity index (χ2n) is 12.8. The first kappa shape index (κ1) is 31.8. The number of methoxy groups -OCH3 is 1. The highest BCUT2D eigenvalue weighted by Gasteiger charge is 2.67. The molecule has 1 saturated carbocycles. The Bertz CT molecular complexity index is 1910.